The van der Waals surface area contributed by atoms with Crippen LogP contribution in [0.4, 0.5) is 0 Å². The maximum absolute atomic E-state index is 4.89. The van der Waals surface area contributed by atoms with Crippen molar-refractivity contribution in [2.75, 3.05) is 6.54 Å². The lowest BCUT2D eigenvalue weighted by Gasteiger charge is -2.04. The Morgan fingerprint density at radius 2 is 1.95 bits per heavy atom. The van der Waals surface area contributed by atoms with Crippen molar-refractivity contribution >= 4 is 27.3 Å². The van der Waals surface area contributed by atoms with E-state index in [-0.39, 0.29) is 0 Å². The second kappa shape index (κ2) is 8.06. The predicted octanol–water partition coefficient (Wildman–Crippen LogP) is 4.80. The summed E-state index contributed by atoms with van der Waals surface area (Å²) in [7, 11) is 0. The lowest BCUT2D eigenvalue weighted by Crippen LogP contribution is -2.12. The van der Waals surface area contributed by atoms with Crippen LogP contribution in [-0.4, -0.2) is 11.5 Å². The average Bonchev–Trinajstić information content (AvgIpc) is 2.80. The fraction of sp³-hybridized carbons (Fsp3) is 0.471. The van der Waals surface area contributed by atoms with Gasteiger partial charge in [-0.15, -0.1) is 11.3 Å². The third-order valence-corrected chi connectivity index (χ3v) is 4.85. The minimum absolute atomic E-state index is 0.646. The van der Waals surface area contributed by atoms with Crippen LogP contribution in [0.15, 0.2) is 28.7 Å². The molecule has 2 rings (SSSR count). The molecule has 1 aromatic heterocycles. The number of thiazole rings is 1. The van der Waals surface area contributed by atoms with E-state index in [1.165, 1.54) is 21.1 Å². The smallest absolute Gasteiger partial charge is 0.0975 e. The zero-order chi connectivity index (χ0) is 15.2. The molecule has 1 N–H and O–H groups in total. The van der Waals surface area contributed by atoms with Crippen LogP contribution in [0.2, 0.25) is 0 Å². The van der Waals surface area contributed by atoms with Crippen molar-refractivity contribution in [3.8, 4) is 0 Å². The number of nitrogens with one attached hydrogen (secondary N) is 1. The molecule has 0 aliphatic carbocycles. The molecule has 2 nitrogen and oxygen atoms in total. The molecule has 0 spiro atoms. The van der Waals surface area contributed by atoms with Gasteiger partial charge in [0.2, 0.25) is 0 Å². The van der Waals surface area contributed by atoms with Gasteiger partial charge >= 0.3 is 0 Å². The summed E-state index contributed by atoms with van der Waals surface area (Å²) >= 11 is 5.34. The minimum atomic E-state index is 0.646. The molecule has 1 heterocycles. The van der Waals surface area contributed by atoms with E-state index in [4.69, 9.17) is 4.98 Å². The molecule has 0 amide bonds. The molecule has 0 radical (unpaired) electrons. The molecule has 4 heteroatoms. The van der Waals surface area contributed by atoms with Crippen molar-refractivity contribution in [2.24, 2.45) is 5.92 Å². The fourth-order valence-electron chi connectivity index (χ4n) is 2.21. The molecule has 0 atom stereocenters. The van der Waals surface area contributed by atoms with Crippen LogP contribution in [0, 0.1) is 5.92 Å². The summed E-state index contributed by atoms with van der Waals surface area (Å²) in [6, 6.07) is 8.52. The van der Waals surface area contributed by atoms with Crippen molar-refractivity contribution in [1.29, 1.82) is 0 Å². The highest BCUT2D eigenvalue weighted by Gasteiger charge is 2.12. The Hall–Kier alpha value is -0.710. The van der Waals surface area contributed by atoms with Gasteiger partial charge in [-0.3, -0.25) is 0 Å². The van der Waals surface area contributed by atoms with E-state index in [1.807, 2.05) is 11.3 Å². The van der Waals surface area contributed by atoms with Crippen LogP contribution in [0.25, 0.3) is 0 Å². The third-order valence-electron chi connectivity index (χ3n) is 3.23. The van der Waals surface area contributed by atoms with Crippen LogP contribution >= 0.6 is 27.3 Å². The van der Waals surface area contributed by atoms with Crippen LogP contribution in [0.5, 0.6) is 0 Å². The van der Waals surface area contributed by atoms with Crippen LogP contribution in [-0.2, 0) is 19.4 Å². The highest BCUT2D eigenvalue weighted by Crippen LogP contribution is 2.24. The third kappa shape index (κ3) is 5.20. The van der Waals surface area contributed by atoms with E-state index in [2.05, 4.69) is 66.3 Å². The fourth-order valence-corrected chi connectivity index (χ4v) is 3.58. The van der Waals surface area contributed by atoms with Crippen molar-refractivity contribution < 1.29 is 0 Å². The van der Waals surface area contributed by atoms with Gasteiger partial charge in [-0.05, 0) is 36.6 Å². The molecule has 0 unspecified atom stereocenters. The lowest BCUT2D eigenvalue weighted by molar-refractivity contribution is 0.626. The van der Waals surface area contributed by atoms with E-state index in [0.717, 1.165) is 30.4 Å². The van der Waals surface area contributed by atoms with Gasteiger partial charge in [0.1, 0.15) is 0 Å². The zero-order valence-electron chi connectivity index (χ0n) is 12.9. The van der Waals surface area contributed by atoms with Gasteiger partial charge in [0, 0.05) is 22.3 Å². The van der Waals surface area contributed by atoms with Crippen LogP contribution in [0.1, 0.15) is 41.9 Å². The highest BCUT2D eigenvalue weighted by molar-refractivity contribution is 9.10. The molecule has 114 valence electrons. The first kappa shape index (κ1) is 16.7. The van der Waals surface area contributed by atoms with E-state index in [9.17, 15) is 0 Å². The molecule has 21 heavy (non-hydrogen) atoms. The number of hydrogen-bond donors (Lipinski definition) is 1. The molecular formula is C17H23BrN2S. The number of aromatic nitrogens is 1. The van der Waals surface area contributed by atoms with Crippen molar-refractivity contribution in [3.05, 3.63) is 49.9 Å². The summed E-state index contributed by atoms with van der Waals surface area (Å²) in [4.78, 5) is 6.29. The molecule has 0 aliphatic heterocycles. The Balaban J connectivity index is 2.15. The number of hydrogen-bond acceptors (Lipinski definition) is 3. The first-order valence-corrected chi connectivity index (χ1v) is 9.12. The molecule has 0 saturated heterocycles. The Morgan fingerprint density at radius 1 is 1.24 bits per heavy atom. The van der Waals surface area contributed by atoms with Gasteiger partial charge in [-0.1, -0.05) is 48.8 Å². The van der Waals surface area contributed by atoms with Gasteiger partial charge in [0.05, 0.1) is 10.7 Å². The average molecular weight is 367 g/mol. The molecule has 0 fully saturated rings. The SMILES string of the molecule is CCNCc1sc(Cc2ccc(Br)cc2)nc1CC(C)C. The molecule has 1 aromatic carbocycles. The maximum atomic E-state index is 4.89. The molecule has 0 bridgehead atoms. The second-order valence-electron chi connectivity index (χ2n) is 5.66. The maximum Gasteiger partial charge on any atom is 0.0975 e. The monoisotopic (exact) mass is 366 g/mol. The highest BCUT2D eigenvalue weighted by atomic mass is 79.9. The topological polar surface area (TPSA) is 24.9 Å². The minimum Gasteiger partial charge on any atom is -0.312 e. The number of halogens is 1. The summed E-state index contributed by atoms with van der Waals surface area (Å²) in [5.74, 6) is 0.646. The van der Waals surface area contributed by atoms with Crippen molar-refractivity contribution in [1.82, 2.24) is 10.3 Å². The number of rotatable bonds is 7. The summed E-state index contributed by atoms with van der Waals surface area (Å²) in [5, 5.41) is 4.65. The summed E-state index contributed by atoms with van der Waals surface area (Å²) in [5.41, 5.74) is 2.60. The summed E-state index contributed by atoms with van der Waals surface area (Å²) in [6.07, 6.45) is 1.99. The van der Waals surface area contributed by atoms with Gasteiger partial charge in [0.15, 0.2) is 0 Å². The summed E-state index contributed by atoms with van der Waals surface area (Å²) < 4.78 is 1.12. The zero-order valence-corrected chi connectivity index (χ0v) is 15.4. The second-order valence-corrected chi connectivity index (χ2v) is 7.74. The van der Waals surface area contributed by atoms with E-state index < -0.39 is 0 Å². The van der Waals surface area contributed by atoms with Crippen molar-refractivity contribution in [3.63, 3.8) is 0 Å². The number of nitrogens with zero attached hydrogens (tertiary/aromatic N) is 1. The van der Waals surface area contributed by atoms with Crippen molar-refractivity contribution in [2.45, 2.75) is 40.2 Å². The first-order valence-electron chi connectivity index (χ1n) is 7.51. The molecule has 0 aliphatic rings. The Bertz CT molecular complexity index is 561. The van der Waals surface area contributed by atoms with Gasteiger partial charge < -0.3 is 5.32 Å². The Kier molecular flexibility index (Phi) is 6.40. The predicted molar refractivity (Wildman–Crippen MR) is 95.0 cm³/mol. The van der Waals surface area contributed by atoms with E-state index in [0.29, 0.717) is 5.92 Å². The van der Waals surface area contributed by atoms with Gasteiger partial charge in [0.25, 0.3) is 0 Å². The Labute approximate surface area is 140 Å². The normalized spacial score (nSPS) is 11.3. The molecule has 2 aromatic rings. The standard InChI is InChI=1S/C17H23BrN2S/c1-4-19-11-16-15(9-12(2)3)20-17(21-16)10-13-5-7-14(18)8-6-13/h5-8,12,19H,4,9-11H2,1-3H3. The lowest BCUT2D eigenvalue weighted by atomic mass is 10.1. The van der Waals surface area contributed by atoms with E-state index in [1.54, 1.807) is 0 Å². The van der Waals surface area contributed by atoms with Crippen LogP contribution in [0.3, 0.4) is 0 Å². The van der Waals surface area contributed by atoms with Gasteiger partial charge in [-0.25, -0.2) is 4.98 Å². The summed E-state index contributed by atoms with van der Waals surface area (Å²) in [6.45, 7) is 8.60. The van der Waals surface area contributed by atoms with E-state index >= 15 is 0 Å². The molecule has 0 saturated carbocycles. The van der Waals surface area contributed by atoms with Crippen LogP contribution < -0.4 is 5.32 Å². The first-order chi connectivity index (χ1) is 10.1. The molecular weight excluding hydrogens is 344 g/mol. The number of benzene rings is 1. The largest absolute Gasteiger partial charge is 0.312 e. The quantitative estimate of drug-likeness (QED) is 0.760. The van der Waals surface area contributed by atoms with Gasteiger partial charge in [-0.2, -0.15) is 0 Å². The Morgan fingerprint density at radius 3 is 2.57 bits per heavy atom.